The van der Waals surface area contributed by atoms with E-state index in [-0.39, 0.29) is 23.3 Å². The number of ether oxygens (including phenoxy) is 2. The van der Waals surface area contributed by atoms with Gasteiger partial charge in [0.15, 0.2) is 5.17 Å². The van der Waals surface area contributed by atoms with Gasteiger partial charge in [-0.1, -0.05) is 24.8 Å². The molecule has 5 nitrogen and oxygen atoms in total. The van der Waals surface area contributed by atoms with Gasteiger partial charge in [-0.3, -0.25) is 9.69 Å². The number of amidine groups is 1. The lowest BCUT2D eigenvalue weighted by Gasteiger charge is -2.23. The first-order valence-electron chi connectivity index (χ1n) is 8.75. The number of hydrogen-bond donors (Lipinski definition) is 0. The van der Waals surface area contributed by atoms with E-state index in [1.165, 1.54) is 30.0 Å². The van der Waals surface area contributed by atoms with Gasteiger partial charge in [-0.05, 0) is 48.9 Å². The van der Waals surface area contributed by atoms with Crippen LogP contribution in [0.2, 0.25) is 0 Å². The number of thioether (sulfide) groups is 1. The molecule has 8 heteroatoms. The van der Waals surface area contributed by atoms with Crippen molar-refractivity contribution in [3.63, 3.8) is 0 Å². The molecule has 0 spiro atoms. The molecule has 1 saturated heterocycles. The summed E-state index contributed by atoms with van der Waals surface area (Å²) in [5, 5.41) is 0.585. The Balaban J connectivity index is 1.89. The second-order valence-corrected chi connectivity index (χ2v) is 7.03. The van der Waals surface area contributed by atoms with Crippen LogP contribution in [0.4, 0.5) is 14.5 Å². The summed E-state index contributed by atoms with van der Waals surface area (Å²) in [6.07, 6.45) is 0.758. The molecule has 0 radical (unpaired) electrons. The zero-order valence-corrected chi connectivity index (χ0v) is 16.3. The number of aliphatic imine (C=N–C) groups is 1. The predicted molar refractivity (Wildman–Crippen MR) is 106 cm³/mol. The Kier molecular flexibility index (Phi) is 6.51. The molecular formula is C20H20F2N2O3S. The minimum absolute atomic E-state index is 0.0193. The highest BCUT2D eigenvalue weighted by atomic mass is 32.2. The molecule has 0 N–H and O–H groups in total. The van der Waals surface area contributed by atoms with Gasteiger partial charge in [-0.15, -0.1) is 0 Å². The number of hydrogen-bond acceptors (Lipinski definition) is 5. The highest BCUT2D eigenvalue weighted by Crippen LogP contribution is 2.31. The van der Waals surface area contributed by atoms with Gasteiger partial charge in [0.1, 0.15) is 11.5 Å². The molecule has 2 aromatic rings. The normalized spacial score (nSPS) is 18.0. The highest BCUT2D eigenvalue weighted by molar-refractivity contribution is 8.14. The van der Waals surface area contributed by atoms with Crippen molar-refractivity contribution < 1.29 is 23.0 Å². The van der Waals surface area contributed by atoms with Crippen LogP contribution in [-0.2, 0) is 0 Å². The summed E-state index contributed by atoms with van der Waals surface area (Å²) < 4.78 is 34.5. The number of benzene rings is 2. The lowest BCUT2D eigenvalue weighted by atomic mass is 10.1. The van der Waals surface area contributed by atoms with Crippen molar-refractivity contribution in [2.45, 2.75) is 26.0 Å². The van der Waals surface area contributed by atoms with Crippen molar-refractivity contribution in [2.24, 2.45) is 4.99 Å². The van der Waals surface area contributed by atoms with Crippen molar-refractivity contribution in [1.29, 1.82) is 0 Å². The quantitative estimate of drug-likeness (QED) is 0.681. The van der Waals surface area contributed by atoms with E-state index in [9.17, 15) is 13.6 Å². The van der Waals surface area contributed by atoms with Crippen molar-refractivity contribution in [3.05, 3.63) is 54.1 Å². The molecule has 2 aromatic carbocycles. The van der Waals surface area contributed by atoms with Crippen molar-refractivity contribution in [1.82, 2.24) is 4.90 Å². The van der Waals surface area contributed by atoms with Gasteiger partial charge in [0.25, 0.3) is 5.91 Å². The minimum atomic E-state index is -2.94. The Bertz CT molecular complexity index is 859. The van der Waals surface area contributed by atoms with Gasteiger partial charge < -0.3 is 9.47 Å². The summed E-state index contributed by atoms with van der Waals surface area (Å²) in [5.74, 6) is 1.11. The Morgan fingerprint density at radius 3 is 2.64 bits per heavy atom. The summed E-state index contributed by atoms with van der Waals surface area (Å²) in [5.41, 5.74) is 0.981. The zero-order valence-electron chi connectivity index (χ0n) is 15.5. The van der Waals surface area contributed by atoms with Crippen LogP contribution in [0.5, 0.6) is 11.5 Å². The van der Waals surface area contributed by atoms with Gasteiger partial charge in [-0.25, -0.2) is 4.99 Å². The lowest BCUT2D eigenvalue weighted by molar-refractivity contribution is -0.0499. The van der Waals surface area contributed by atoms with Crippen LogP contribution in [0.15, 0.2) is 53.5 Å². The molecule has 1 heterocycles. The molecule has 1 aliphatic rings. The molecule has 3 rings (SSSR count). The van der Waals surface area contributed by atoms with Crippen LogP contribution in [0.1, 0.15) is 23.7 Å². The van der Waals surface area contributed by atoms with E-state index < -0.39 is 6.61 Å². The Morgan fingerprint density at radius 1 is 1.25 bits per heavy atom. The number of carbonyl (C=O) groups is 1. The molecule has 148 valence electrons. The molecule has 1 aliphatic heterocycles. The van der Waals surface area contributed by atoms with Crippen molar-refractivity contribution in [2.75, 3.05) is 12.9 Å². The maximum atomic E-state index is 13.1. The molecule has 0 saturated carbocycles. The number of halogens is 2. The van der Waals surface area contributed by atoms with Gasteiger partial charge >= 0.3 is 6.61 Å². The second-order valence-electron chi connectivity index (χ2n) is 6.05. The monoisotopic (exact) mass is 406 g/mol. The minimum Gasteiger partial charge on any atom is -0.497 e. The van der Waals surface area contributed by atoms with E-state index in [4.69, 9.17) is 4.74 Å². The Morgan fingerprint density at radius 2 is 2.00 bits per heavy atom. The van der Waals surface area contributed by atoms with Gasteiger partial charge in [0, 0.05) is 17.4 Å². The number of alkyl halides is 2. The van der Waals surface area contributed by atoms with E-state index in [0.717, 1.165) is 17.9 Å². The number of amides is 1. The first kappa shape index (κ1) is 20.1. The fraction of sp³-hybridized carbons (Fsp3) is 0.300. The van der Waals surface area contributed by atoms with E-state index in [1.54, 1.807) is 30.2 Å². The van der Waals surface area contributed by atoms with E-state index in [1.807, 2.05) is 19.1 Å². The summed E-state index contributed by atoms with van der Waals surface area (Å²) in [6, 6.07) is 13.0. The molecule has 0 aromatic heterocycles. The van der Waals surface area contributed by atoms with Gasteiger partial charge in [0.2, 0.25) is 0 Å². The smallest absolute Gasteiger partial charge is 0.387 e. The first-order chi connectivity index (χ1) is 13.5. The topological polar surface area (TPSA) is 51.1 Å². The Hall–Kier alpha value is -2.61. The maximum absolute atomic E-state index is 13.1. The van der Waals surface area contributed by atoms with E-state index >= 15 is 0 Å². The molecule has 0 unspecified atom stereocenters. The Labute approximate surface area is 166 Å². The predicted octanol–water partition coefficient (Wildman–Crippen LogP) is 4.95. The average Bonchev–Trinajstić information content (AvgIpc) is 3.10. The van der Waals surface area contributed by atoms with Crippen LogP contribution in [0.3, 0.4) is 0 Å². The largest absolute Gasteiger partial charge is 0.497 e. The fourth-order valence-corrected chi connectivity index (χ4v) is 4.09. The standard InChI is InChI=1S/C20H20F2N2O3S/c1-3-15-12-28-20(23-14-7-9-16(26-2)10-8-14)24(15)18(25)13-5-4-6-17(11-13)27-19(21)22/h4-11,15,19H,3,12H2,1-2H3/t15-/m1/s1. The summed E-state index contributed by atoms with van der Waals surface area (Å²) in [6.45, 7) is -0.943. The summed E-state index contributed by atoms with van der Waals surface area (Å²) in [4.78, 5) is 19.4. The van der Waals surface area contributed by atoms with Crippen LogP contribution < -0.4 is 9.47 Å². The second kappa shape index (κ2) is 9.05. The fourth-order valence-electron chi connectivity index (χ4n) is 2.82. The molecule has 0 aliphatic carbocycles. The number of methoxy groups -OCH3 is 1. The molecule has 28 heavy (non-hydrogen) atoms. The summed E-state index contributed by atoms with van der Waals surface area (Å²) >= 11 is 1.50. The molecule has 0 bridgehead atoms. The lowest BCUT2D eigenvalue weighted by Crippen LogP contribution is -2.39. The first-order valence-corrected chi connectivity index (χ1v) is 9.74. The van der Waals surface area contributed by atoms with Crippen molar-refractivity contribution >= 4 is 28.5 Å². The summed E-state index contributed by atoms with van der Waals surface area (Å²) in [7, 11) is 1.59. The SMILES string of the molecule is CC[C@@H]1CSC(=Nc2ccc(OC)cc2)N1C(=O)c1cccc(OC(F)F)c1. The van der Waals surface area contributed by atoms with E-state index in [2.05, 4.69) is 9.73 Å². The van der Waals surface area contributed by atoms with Crippen molar-refractivity contribution in [3.8, 4) is 11.5 Å². The van der Waals surface area contributed by atoms with Crippen LogP contribution in [0, 0.1) is 0 Å². The van der Waals surface area contributed by atoms with E-state index in [0.29, 0.717) is 10.9 Å². The van der Waals surface area contributed by atoms with Crippen LogP contribution in [-0.4, -0.2) is 41.5 Å². The zero-order chi connectivity index (χ0) is 20.1. The maximum Gasteiger partial charge on any atom is 0.387 e. The van der Waals surface area contributed by atoms with Gasteiger partial charge in [0.05, 0.1) is 12.8 Å². The third kappa shape index (κ3) is 4.62. The van der Waals surface area contributed by atoms with Crippen LogP contribution in [0.25, 0.3) is 0 Å². The molecule has 1 fully saturated rings. The molecule has 1 atom stereocenters. The van der Waals surface area contributed by atoms with Crippen LogP contribution >= 0.6 is 11.8 Å². The number of nitrogens with zero attached hydrogens (tertiary/aromatic N) is 2. The highest BCUT2D eigenvalue weighted by Gasteiger charge is 2.34. The third-order valence-corrected chi connectivity index (χ3v) is 5.37. The third-order valence-electron chi connectivity index (χ3n) is 4.27. The number of rotatable bonds is 6. The number of carbonyl (C=O) groups excluding carboxylic acids is 1. The molecular weight excluding hydrogens is 386 g/mol. The molecule has 1 amide bonds. The van der Waals surface area contributed by atoms with Gasteiger partial charge in [-0.2, -0.15) is 8.78 Å². The average molecular weight is 406 g/mol.